The SMILES string of the molecule is NC(=O)CN(CC(N)=O)C(=O)c1cccc(N)c1O. The number of nitrogen functional groups attached to an aromatic ring is 1. The first kappa shape index (κ1) is 14.3. The summed E-state index contributed by atoms with van der Waals surface area (Å²) in [4.78, 5) is 34.7. The number of anilines is 1. The molecule has 1 rings (SSSR count). The average molecular weight is 266 g/mol. The van der Waals surface area contributed by atoms with Crippen LogP contribution >= 0.6 is 0 Å². The molecule has 0 saturated carbocycles. The molecular weight excluding hydrogens is 252 g/mol. The van der Waals surface area contributed by atoms with Gasteiger partial charge in [-0.15, -0.1) is 0 Å². The van der Waals surface area contributed by atoms with Crippen LogP contribution in [0.2, 0.25) is 0 Å². The van der Waals surface area contributed by atoms with Crippen molar-refractivity contribution in [2.24, 2.45) is 11.5 Å². The van der Waals surface area contributed by atoms with Crippen LogP contribution in [0.25, 0.3) is 0 Å². The Morgan fingerprint density at radius 1 is 1.11 bits per heavy atom. The molecule has 0 bridgehead atoms. The Kier molecular flexibility index (Phi) is 4.30. The van der Waals surface area contributed by atoms with Crippen LogP contribution in [0.15, 0.2) is 18.2 Å². The number of hydrogen-bond donors (Lipinski definition) is 4. The first-order chi connectivity index (χ1) is 8.82. The van der Waals surface area contributed by atoms with Crippen molar-refractivity contribution >= 4 is 23.4 Å². The van der Waals surface area contributed by atoms with Gasteiger partial charge in [-0.25, -0.2) is 0 Å². The molecule has 0 aliphatic rings. The summed E-state index contributed by atoms with van der Waals surface area (Å²) in [7, 11) is 0. The van der Waals surface area contributed by atoms with Gasteiger partial charge < -0.3 is 27.2 Å². The molecule has 1 aromatic rings. The lowest BCUT2D eigenvalue weighted by Gasteiger charge is -2.20. The predicted octanol–water partition coefficient (Wildman–Crippen LogP) is -1.61. The van der Waals surface area contributed by atoms with Crippen molar-refractivity contribution in [1.29, 1.82) is 0 Å². The summed E-state index contributed by atoms with van der Waals surface area (Å²) in [6.45, 7) is -0.980. The van der Waals surface area contributed by atoms with Crippen molar-refractivity contribution in [3.05, 3.63) is 23.8 Å². The van der Waals surface area contributed by atoms with E-state index in [-0.39, 0.29) is 11.3 Å². The molecule has 0 fully saturated rings. The van der Waals surface area contributed by atoms with E-state index in [2.05, 4.69) is 0 Å². The van der Waals surface area contributed by atoms with Gasteiger partial charge in [-0.05, 0) is 12.1 Å². The monoisotopic (exact) mass is 266 g/mol. The van der Waals surface area contributed by atoms with E-state index in [1.807, 2.05) is 0 Å². The number of aromatic hydroxyl groups is 1. The van der Waals surface area contributed by atoms with Crippen molar-refractivity contribution in [3.8, 4) is 5.75 Å². The zero-order valence-corrected chi connectivity index (χ0v) is 10.00. The fourth-order valence-corrected chi connectivity index (χ4v) is 1.48. The maximum Gasteiger partial charge on any atom is 0.258 e. The van der Waals surface area contributed by atoms with Crippen LogP contribution in [0.1, 0.15) is 10.4 Å². The molecule has 0 aliphatic carbocycles. The zero-order chi connectivity index (χ0) is 14.6. The molecule has 0 unspecified atom stereocenters. The number of phenols is 1. The Bertz CT molecular complexity index is 513. The molecule has 0 aliphatic heterocycles. The van der Waals surface area contributed by atoms with Crippen LogP contribution in [-0.4, -0.2) is 40.8 Å². The van der Waals surface area contributed by atoms with Crippen LogP contribution < -0.4 is 17.2 Å². The standard InChI is InChI=1S/C11H14N4O4/c12-7-3-1-2-6(10(7)18)11(19)15(4-8(13)16)5-9(14)17/h1-3,18H,4-5,12H2,(H2,13,16)(H2,14,17). The first-order valence-electron chi connectivity index (χ1n) is 5.26. The molecule has 8 nitrogen and oxygen atoms in total. The van der Waals surface area contributed by atoms with Gasteiger partial charge in [0.1, 0.15) is 13.1 Å². The smallest absolute Gasteiger partial charge is 0.258 e. The summed E-state index contributed by atoms with van der Waals surface area (Å²) < 4.78 is 0. The maximum absolute atomic E-state index is 12.1. The number of benzene rings is 1. The molecule has 19 heavy (non-hydrogen) atoms. The van der Waals surface area contributed by atoms with Crippen LogP contribution in [0, 0.1) is 0 Å². The van der Waals surface area contributed by atoms with Gasteiger partial charge in [-0.3, -0.25) is 14.4 Å². The van der Waals surface area contributed by atoms with Crippen LogP contribution in [-0.2, 0) is 9.59 Å². The number of para-hydroxylation sites is 1. The lowest BCUT2D eigenvalue weighted by atomic mass is 10.1. The van der Waals surface area contributed by atoms with Gasteiger partial charge in [-0.1, -0.05) is 6.07 Å². The van der Waals surface area contributed by atoms with Crippen molar-refractivity contribution in [1.82, 2.24) is 4.90 Å². The second-order valence-corrected chi connectivity index (χ2v) is 3.84. The maximum atomic E-state index is 12.1. The Hall–Kier alpha value is -2.77. The van der Waals surface area contributed by atoms with Crippen molar-refractivity contribution < 1.29 is 19.5 Å². The average Bonchev–Trinajstić information content (AvgIpc) is 2.30. The number of nitrogens with two attached hydrogens (primary N) is 3. The Balaban J connectivity index is 3.07. The first-order valence-corrected chi connectivity index (χ1v) is 5.26. The Morgan fingerprint density at radius 3 is 2.11 bits per heavy atom. The van der Waals surface area contributed by atoms with Crippen molar-refractivity contribution in [3.63, 3.8) is 0 Å². The van der Waals surface area contributed by atoms with Gasteiger partial charge in [0.2, 0.25) is 11.8 Å². The molecular formula is C11H14N4O4. The molecule has 3 amide bonds. The van der Waals surface area contributed by atoms with Crippen molar-refractivity contribution in [2.45, 2.75) is 0 Å². The minimum Gasteiger partial charge on any atom is -0.505 e. The molecule has 8 heteroatoms. The number of amides is 3. The zero-order valence-electron chi connectivity index (χ0n) is 10.00. The van der Waals surface area contributed by atoms with Gasteiger partial charge in [0.25, 0.3) is 5.91 Å². The summed E-state index contributed by atoms with van der Waals surface area (Å²) in [5.74, 6) is -2.80. The molecule has 0 saturated heterocycles. The van der Waals surface area contributed by atoms with Gasteiger partial charge in [0.05, 0.1) is 11.3 Å². The van der Waals surface area contributed by atoms with E-state index in [1.165, 1.54) is 18.2 Å². The molecule has 0 aromatic heterocycles. The quantitative estimate of drug-likeness (QED) is 0.373. The second-order valence-electron chi connectivity index (χ2n) is 3.84. The van der Waals surface area contributed by atoms with E-state index in [0.29, 0.717) is 0 Å². The summed E-state index contributed by atoms with van der Waals surface area (Å²) in [5.41, 5.74) is 15.3. The fraction of sp³-hybridized carbons (Fsp3) is 0.182. The third-order valence-corrected chi connectivity index (χ3v) is 2.28. The van der Waals surface area contributed by atoms with Gasteiger partial charge in [0.15, 0.2) is 5.75 Å². The number of rotatable bonds is 5. The van der Waals surface area contributed by atoms with Gasteiger partial charge >= 0.3 is 0 Å². The van der Waals surface area contributed by atoms with Crippen LogP contribution in [0.5, 0.6) is 5.75 Å². The molecule has 1 aromatic carbocycles. The second kappa shape index (κ2) is 5.71. The van der Waals surface area contributed by atoms with E-state index in [0.717, 1.165) is 4.90 Å². The number of carbonyl (C=O) groups is 3. The molecule has 0 heterocycles. The number of primary amides is 2. The number of phenolic OH excluding ortho intramolecular Hbond substituents is 1. The summed E-state index contributed by atoms with van der Waals surface area (Å²) >= 11 is 0. The summed E-state index contributed by atoms with van der Waals surface area (Å²) in [6, 6.07) is 4.16. The third-order valence-electron chi connectivity index (χ3n) is 2.28. The summed E-state index contributed by atoms with van der Waals surface area (Å²) in [5, 5.41) is 9.68. The van der Waals surface area contributed by atoms with E-state index in [4.69, 9.17) is 17.2 Å². The molecule has 0 atom stereocenters. The van der Waals surface area contributed by atoms with E-state index in [9.17, 15) is 19.5 Å². The van der Waals surface area contributed by atoms with Crippen LogP contribution in [0.3, 0.4) is 0 Å². The minimum atomic E-state index is -0.807. The summed E-state index contributed by atoms with van der Waals surface area (Å²) in [6.07, 6.45) is 0. The van der Waals surface area contributed by atoms with E-state index >= 15 is 0 Å². The number of carbonyl (C=O) groups excluding carboxylic acids is 3. The third kappa shape index (κ3) is 3.60. The molecule has 0 radical (unpaired) electrons. The van der Waals surface area contributed by atoms with Gasteiger partial charge in [0, 0.05) is 0 Å². The van der Waals surface area contributed by atoms with E-state index in [1.54, 1.807) is 0 Å². The highest BCUT2D eigenvalue weighted by atomic mass is 16.3. The highest BCUT2D eigenvalue weighted by Gasteiger charge is 2.22. The fourth-order valence-electron chi connectivity index (χ4n) is 1.48. The molecule has 7 N–H and O–H groups in total. The largest absolute Gasteiger partial charge is 0.505 e. The van der Waals surface area contributed by atoms with E-state index < -0.39 is 36.6 Å². The highest BCUT2D eigenvalue weighted by Crippen LogP contribution is 2.25. The lowest BCUT2D eigenvalue weighted by molar-refractivity contribution is -0.121. The topological polar surface area (TPSA) is 153 Å². The lowest BCUT2D eigenvalue weighted by Crippen LogP contribution is -2.43. The normalized spacial score (nSPS) is 9.89. The highest BCUT2D eigenvalue weighted by molar-refractivity contribution is 6.01. The Labute approximate surface area is 108 Å². The van der Waals surface area contributed by atoms with Crippen molar-refractivity contribution in [2.75, 3.05) is 18.8 Å². The number of hydrogen-bond acceptors (Lipinski definition) is 5. The number of nitrogens with zero attached hydrogens (tertiary/aromatic N) is 1. The molecule has 102 valence electrons. The molecule has 0 spiro atoms. The Morgan fingerprint density at radius 2 is 1.63 bits per heavy atom. The van der Waals surface area contributed by atoms with Gasteiger partial charge in [-0.2, -0.15) is 0 Å². The predicted molar refractivity (Wildman–Crippen MR) is 66.8 cm³/mol. The minimum absolute atomic E-state index is 0.00366. The van der Waals surface area contributed by atoms with Crippen LogP contribution in [0.4, 0.5) is 5.69 Å².